The Morgan fingerprint density at radius 3 is 2.72 bits per heavy atom. The Balaban J connectivity index is 1.95. The van der Waals surface area contributed by atoms with Crippen molar-refractivity contribution in [1.82, 2.24) is 4.90 Å². The number of carbonyl (C=O) groups is 1. The summed E-state index contributed by atoms with van der Waals surface area (Å²) in [7, 11) is -3.20. The van der Waals surface area contributed by atoms with Crippen molar-refractivity contribution in [3.8, 4) is 5.75 Å². The number of amides is 1. The second-order valence-corrected chi connectivity index (χ2v) is 9.86. The van der Waals surface area contributed by atoms with Crippen LogP contribution in [0.25, 0.3) is 0 Å². The molecule has 1 aromatic rings. The van der Waals surface area contributed by atoms with Crippen LogP contribution in [-0.2, 0) is 14.6 Å². The number of ether oxygens (including phenoxy) is 1. The van der Waals surface area contributed by atoms with Crippen LogP contribution < -0.4 is 4.74 Å². The molecule has 1 amide bonds. The number of nitrogens with zero attached hydrogens (tertiary/aromatic N) is 1. The first-order chi connectivity index (χ1) is 11.7. The first kappa shape index (κ1) is 20.3. The average molecular weight is 408 g/mol. The lowest BCUT2D eigenvalue weighted by Gasteiger charge is -2.32. The van der Waals surface area contributed by atoms with Crippen LogP contribution in [0.1, 0.15) is 26.7 Å². The zero-order valence-electron chi connectivity index (χ0n) is 14.4. The maximum absolute atomic E-state index is 12.4. The lowest BCUT2D eigenvalue weighted by Crippen LogP contribution is -2.47. The zero-order chi connectivity index (χ0) is 18.6. The molecular weight excluding hydrogens is 385 g/mol. The summed E-state index contributed by atoms with van der Waals surface area (Å²) in [6.45, 7) is 4.36. The fourth-order valence-corrected chi connectivity index (χ4v) is 5.48. The minimum absolute atomic E-state index is 0.0754. The Labute approximate surface area is 159 Å². The summed E-state index contributed by atoms with van der Waals surface area (Å²) in [5, 5.41) is 0.320. The van der Waals surface area contributed by atoms with Crippen LogP contribution >= 0.6 is 23.2 Å². The van der Waals surface area contributed by atoms with Crippen LogP contribution in [0, 0.1) is 5.92 Å². The molecule has 8 heteroatoms. The van der Waals surface area contributed by atoms with E-state index >= 15 is 0 Å². The van der Waals surface area contributed by atoms with Gasteiger partial charge < -0.3 is 9.64 Å². The van der Waals surface area contributed by atoms with Crippen molar-refractivity contribution in [2.45, 2.75) is 31.9 Å². The number of piperidine rings is 1. The Morgan fingerprint density at radius 1 is 1.36 bits per heavy atom. The van der Waals surface area contributed by atoms with Crippen LogP contribution in [0.15, 0.2) is 18.2 Å². The normalized spacial score (nSPS) is 18.4. The second-order valence-electron chi connectivity index (χ2n) is 6.69. The number of rotatable bonds is 6. The molecule has 0 unspecified atom stereocenters. The van der Waals surface area contributed by atoms with Gasteiger partial charge >= 0.3 is 0 Å². The molecule has 1 atom stereocenters. The molecule has 0 aromatic heterocycles. The monoisotopic (exact) mass is 407 g/mol. The second kappa shape index (κ2) is 8.60. The quantitative estimate of drug-likeness (QED) is 0.724. The van der Waals surface area contributed by atoms with Crippen molar-refractivity contribution in [2.75, 3.05) is 25.4 Å². The summed E-state index contributed by atoms with van der Waals surface area (Å²) in [6, 6.07) is 4.77. The maximum Gasteiger partial charge on any atom is 0.260 e. The van der Waals surface area contributed by atoms with Crippen LogP contribution in [-0.4, -0.2) is 49.9 Å². The summed E-state index contributed by atoms with van der Waals surface area (Å²) < 4.78 is 30.3. The molecule has 1 fully saturated rings. The SMILES string of the molecule is CC(C)CS(=O)(=O)[C@@H]1CCCN(C(=O)COc2ccc(Cl)cc2Cl)C1. The van der Waals surface area contributed by atoms with E-state index in [0.29, 0.717) is 35.2 Å². The summed E-state index contributed by atoms with van der Waals surface area (Å²) in [4.78, 5) is 13.9. The third-order valence-corrected chi connectivity index (χ3v) is 7.11. The molecule has 1 aliphatic rings. The molecule has 2 rings (SSSR count). The molecule has 140 valence electrons. The summed E-state index contributed by atoms with van der Waals surface area (Å²) >= 11 is 11.8. The van der Waals surface area contributed by atoms with Gasteiger partial charge in [0.2, 0.25) is 0 Å². The van der Waals surface area contributed by atoms with Crippen molar-refractivity contribution >= 4 is 38.9 Å². The standard InChI is InChI=1S/C17H23Cl2NO4S/c1-12(2)11-25(22,23)14-4-3-7-20(9-14)17(21)10-24-16-6-5-13(18)8-15(16)19/h5-6,8,12,14H,3-4,7,9-11H2,1-2H3/t14-/m1/s1. The van der Waals surface area contributed by atoms with Crippen molar-refractivity contribution in [2.24, 2.45) is 5.92 Å². The zero-order valence-corrected chi connectivity index (χ0v) is 16.7. The van der Waals surface area contributed by atoms with E-state index < -0.39 is 15.1 Å². The highest BCUT2D eigenvalue weighted by molar-refractivity contribution is 7.92. The molecule has 0 aliphatic carbocycles. The van der Waals surface area contributed by atoms with Crippen molar-refractivity contribution in [3.05, 3.63) is 28.2 Å². The molecule has 0 saturated carbocycles. The van der Waals surface area contributed by atoms with E-state index in [4.69, 9.17) is 27.9 Å². The van der Waals surface area contributed by atoms with E-state index in [1.807, 2.05) is 13.8 Å². The molecule has 1 aromatic carbocycles. The molecule has 1 aliphatic heterocycles. The fraction of sp³-hybridized carbons (Fsp3) is 0.588. The third kappa shape index (κ3) is 5.76. The van der Waals surface area contributed by atoms with E-state index in [0.717, 1.165) is 0 Å². The molecule has 0 radical (unpaired) electrons. The largest absolute Gasteiger partial charge is 0.482 e. The average Bonchev–Trinajstić information content (AvgIpc) is 2.52. The number of sulfone groups is 1. The highest BCUT2D eigenvalue weighted by Gasteiger charge is 2.33. The van der Waals surface area contributed by atoms with E-state index in [1.165, 1.54) is 0 Å². The van der Waals surface area contributed by atoms with Gasteiger partial charge in [-0.1, -0.05) is 37.0 Å². The number of likely N-dealkylation sites (tertiary alicyclic amines) is 1. The van der Waals surface area contributed by atoms with Gasteiger partial charge in [0.15, 0.2) is 16.4 Å². The Hall–Kier alpha value is -0.980. The van der Waals surface area contributed by atoms with Crippen LogP contribution in [0.3, 0.4) is 0 Å². The van der Waals surface area contributed by atoms with Gasteiger partial charge in [-0.25, -0.2) is 8.42 Å². The van der Waals surface area contributed by atoms with Crippen LogP contribution in [0.2, 0.25) is 10.0 Å². The van der Waals surface area contributed by atoms with E-state index in [-0.39, 0.29) is 30.7 Å². The van der Waals surface area contributed by atoms with Crippen molar-refractivity contribution in [3.63, 3.8) is 0 Å². The van der Waals surface area contributed by atoms with Gasteiger partial charge in [-0.3, -0.25) is 4.79 Å². The van der Waals surface area contributed by atoms with Crippen molar-refractivity contribution < 1.29 is 17.9 Å². The Kier molecular flexibility index (Phi) is 7.00. The molecule has 25 heavy (non-hydrogen) atoms. The molecule has 5 nitrogen and oxygen atoms in total. The number of carbonyl (C=O) groups excluding carboxylic acids is 1. The minimum atomic E-state index is -3.20. The molecular formula is C17H23Cl2NO4S. The number of hydrogen-bond donors (Lipinski definition) is 0. The van der Waals surface area contributed by atoms with Gasteiger partial charge in [0.1, 0.15) is 5.75 Å². The Morgan fingerprint density at radius 2 is 2.08 bits per heavy atom. The Bertz CT molecular complexity index is 721. The minimum Gasteiger partial charge on any atom is -0.482 e. The lowest BCUT2D eigenvalue weighted by molar-refractivity contribution is -0.134. The predicted molar refractivity (Wildman–Crippen MR) is 100 cm³/mol. The topological polar surface area (TPSA) is 63.7 Å². The van der Waals surface area contributed by atoms with Crippen LogP contribution in [0.4, 0.5) is 0 Å². The van der Waals surface area contributed by atoms with Gasteiger partial charge in [0.25, 0.3) is 5.91 Å². The van der Waals surface area contributed by atoms with Gasteiger partial charge in [-0.15, -0.1) is 0 Å². The highest BCUT2D eigenvalue weighted by Crippen LogP contribution is 2.27. The van der Waals surface area contributed by atoms with Gasteiger partial charge in [0.05, 0.1) is 16.0 Å². The van der Waals surface area contributed by atoms with E-state index in [9.17, 15) is 13.2 Å². The smallest absolute Gasteiger partial charge is 0.260 e. The highest BCUT2D eigenvalue weighted by atomic mass is 35.5. The summed E-state index contributed by atoms with van der Waals surface area (Å²) in [5.41, 5.74) is 0. The van der Waals surface area contributed by atoms with Crippen molar-refractivity contribution in [1.29, 1.82) is 0 Å². The molecule has 0 spiro atoms. The van der Waals surface area contributed by atoms with Gasteiger partial charge in [-0.2, -0.15) is 0 Å². The molecule has 1 heterocycles. The first-order valence-corrected chi connectivity index (χ1v) is 10.7. The van der Waals surface area contributed by atoms with Gasteiger partial charge in [-0.05, 0) is 37.0 Å². The maximum atomic E-state index is 12.4. The van der Waals surface area contributed by atoms with Gasteiger partial charge in [0, 0.05) is 18.1 Å². The summed E-state index contributed by atoms with van der Waals surface area (Å²) in [5.74, 6) is 0.360. The fourth-order valence-electron chi connectivity index (χ4n) is 2.88. The van der Waals surface area contributed by atoms with E-state index in [2.05, 4.69) is 0 Å². The third-order valence-electron chi connectivity index (χ3n) is 4.05. The molecule has 0 N–H and O–H groups in total. The number of hydrogen-bond acceptors (Lipinski definition) is 4. The summed E-state index contributed by atoms with van der Waals surface area (Å²) in [6.07, 6.45) is 1.28. The number of benzene rings is 1. The van der Waals surface area contributed by atoms with Crippen LogP contribution in [0.5, 0.6) is 5.75 Å². The predicted octanol–water partition coefficient (Wildman–Crippen LogP) is 3.43. The number of halogens is 2. The van der Waals surface area contributed by atoms with E-state index in [1.54, 1.807) is 23.1 Å². The first-order valence-electron chi connectivity index (χ1n) is 8.26. The lowest BCUT2D eigenvalue weighted by atomic mass is 10.1. The molecule has 1 saturated heterocycles. The molecule has 0 bridgehead atoms.